The molecule has 1 spiro atoms. The van der Waals surface area contributed by atoms with Crippen LogP contribution in [0.5, 0.6) is 0 Å². The van der Waals surface area contributed by atoms with E-state index in [1.807, 2.05) is 0 Å². The molecule has 1 saturated carbocycles. The zero-order valence-corrected chi connectivity index (χ0v) is 20.5. The van der Waals surface area contributed by atoms with Crippen LogP contribution < -0.4 is 5.32 Å². The highest BCUT2D eigenvalue weighted by Crippen LogP contribution is 2.51. The Hall–Kier alpha value is -2.86. The molecule has 5 rings (SSSR count). The fourth-order valence-corrected chi connectivity index (χ4v) is 5.38. The molecule has 38 heavy (non-hydrogen) atoms. The van der Waals surface area contributed by atoms with E-state index in [0.717, 1.165) is 12.8 Å². The van der Waals surface area contributed by atoms with Crippen molar-refractivity contribution in [2.75, 3.05) is 13.2 Å². The normalized spacial score (nSPS) is 22.9. The molecule has 0 bridgehead atoms. The van der Waals surface area contributed by atoms with E-state index >= 15 is 0 Å². The number of ether oxygens (including phenoxy) is 1. The maximum Gasteiger partial charge on any atom is 0.435 e. The summed E-state index contributed by atoms with van der Waals surface area (Å²) in [7, 11) is 0. The van der Waals surface area contributed by atoms with Crippen LogP contribution >= 0.6 is 11.6 Å². The zero-order valence-electron chi connectivity index (χ0n) is 19.7. The highest BCUT2D eigenvalue weighted by atomic mass is 35.5. The maximum absolute atomic E-state index is 14.8. The van der Waals surface area contributed by atoms with Crippen molar-refractivity contribution >= 4 is 23.2 Å². The quantitative estimate of drug-likeness (QED) is 0.444. The Kier molecular flexibility index (Phi) is 6.22. The zero-order chi connectivity index (χ0) is 27.7. The van der Waals surface area contributed by atoms with Crippen molar-refractivity contribution in [1.82, 2.24) is 5.32 Å². The number of hydrogen-bond acceptors (Lipinski definition) is 4. The van der Waals surface area contributed by atoms with Gasteiger partial charge >= 0.3 is 12.4 Å². The average molecular weight is 565 g/mol. The predicted molar refractivity (Wildman–Crippen MR) is 121 cm³/mol. The minimum Gasteiger partial charge on any atom is -0.380 e. The second-order valence-corrected chi connectivity index (χ2v) is 10.5. The summed E-state index contributed by atoms with van der Waals surface area (Å²) in [5, 5.41) is 5.27. The molecular weight excluding hydrogens is 545 g/mol. The summed E-state index contributed by atoms with van der Waals surface area (Å²) in [6.07, 6.45) is -9.94. The Morgan fingerprint density at radius 2 is 1.79 bits per heavy atom. The molecule has 13 heteroatoms. The van der Waals surface area contributed by atoms with Gasteiger partial charge in [-0.05, 0) is 55.2 Å². The van der Waals surface area contributed by atoms with E-state index in [1.54, 1.807) is 6.92 Å². The van der Waals surface area contributed by atoms with Crippen molar-refractivity contribution in [1.29, 1.82) is 0 Å². The van der Waals surface area contributed by atoms with Crippen LogP contribution in [0.2, 0.25) is 5.02 Å². The minimum absolute atomic E-state index is 0.000308. The smallest absolute Gasteiger partial charge is 0.380 e. The molecule has 1 unspecified atom stereocenters. The van der Waals surface area contributed by atoms with Gasteiger partial charge in [0.1, 0.15) is 5.82 Å². The molecule has 0 radical (unpaired) electrons. The van der Waals surface area contributed by atoms with Gasteiger partial charge in [0.2, 0.25) is 0 Å². The fraction of sp³-hybridized carbons (Fsp3) is 0.440. The monoisotopic (exact) mass is 564 g/mol. The first-order chi connectivity index (χ1) is 17.6. The molecule has 0 aromatic heterocycles. The van der Waals surface area contributed by atoms with Crippen LogP contribution in [0.15, 0.2) is 35.5 Å². The van der Waals surface area contributed by atoms with Gasteiger partial charge in [0.05, 0.1) is 35.9 Å². The molecule has 1 atom stereocenters. The molecule has 5 nitrogen and oxygen atoms in total. The topological polar surface area (TPSA) is 59.9 Å². The van der Waals surface area contributed by atoms with Gasteiger partial charge in [-0.1, -0.05) is 22.8 Å². The van der Waals surface area contributed by atoms with E-state index < -0.39 is 46.3 Å². The van der Waals surface area contributed by atoms with Crippen LogP contribution in [0.3, 0.4) is 0 Å². The number of hydrogen-bond donors (Lipinski definition) is 1. The van der Waals surface area contributed by atoms with Gasteiger partial charge in [-0.3, -0.25) is 4.79 Å². The van der Waals surface area contributed by atoms with Crippen molar-refractivity contribution in [3.63, 3.8) is 0 Å². The van der Waals surface area contributed by atoms with Gasteiger partial charge in [0.25, 0.3) is 11.5 Å². The largest absolute Gasteiger partial charge is 0.435 e. The van der Waals surface area contributed by atoms with Crippen molar-refractivity contribution in [2.24, 2.45) is 10.6 Å². The van der Waals surface area contributed by atoms with Gasteiger partial charge in [0.15, 0.2) is 0 Å². The lowest BCUT2D eigenvalue weighted by Crippen LogP contribution is -2.59. The molecule has 2 fully saturated rings. The summed E-state index contributed by atoms with van der Waals surface area (Å²) in [5.74, 6) is -2.04. The number of carbonyl (C=O) groups is 1. The van der Waals surface area contributed by atoms with Gasteiger partial charge in [-0.25, -0.2) is 4.39 Å². The molecule has 2 aliphatic heterocycles. The van der Waals surface area contributed by atoms with Gasteiger partial charge < -0.3 is 14.9 Å². The lowest BCUT2D eigenvalue weighted by atomic mass is 9.64. The maximum atomic E-state index is 14.8. The van der Waals surface area contributed by atoms with Crippen LogP contribution in [0.1, 0.15) is 51.9 Å². The third kappa shape index (κ3) is 4.41. The van der Waals surface area contributed by atoms with Crippen molar-refractivity contribution < 1.29 is 45.1 Å². The number of nitrogens with one attached hydrogen (secondary N) is 1. The van der Waals surface area contributed by atoms with E-state index in [2.05, 4.69) is 10.5 Å². The molecule has 2 heterocycles. The number of nitrogens with zero attached hydrogens (tertiary/aromatic N) is 1. The third-order valence-electron chi connectivity index (χ3n) is 7.29. The molecule has 2 aromatic rings. The Balaban J connectivity index is 1.39. The number of carbonyl (C=O) groups excluding carboxylic acids is 1. The molecular formula is C25H20ClF7N2O3. The van der Waals surface area contributed by atoms with Gasteiger partial charge in [0, 0.05) is 22.6 Å². The van der Waals surface area contributed by atoms with Crippen LogP contribution in [0.4, 0.5) is 30.7 Å². The van der Waals surface area contributed by atoms with Crippen LogP contribution in [0, 0.1) is 18.2 Å². The first kappa shape index (κ1) is 26.7. The first-order valence-electron chi connectivity index (χ1n) is 11.5. The minimum atomic E-state index is -5.35. The van der Waals surface area contributed by atoms with Gasteiger partial charge in [-0.15, -0.1) is 0 Å². The third-order valence-corrected chi connectivity index (χ3v) is 7.57. The van der Waals surface area contributed by atoms with E-state index in [9.17, 15) is 35.5 Å². The van der Waals surface area contributed by atoms with E-state index in [0.29, 0.717) is 24.3 Å². The van der Waals surface area contributed by atoms with E-state index in [1.165, 1.54) is 18.2 Å². The first-order valence-corrected chi connectivity index (χ1v) is 11.9. The molecule has 1 N–H and O–H groups in total. The lowest BCUT2D eigenvalue weighted by Gasteiger charge is -2.53. The molecule has 2 aromatic carbocycles. The standard InChI is InChI=1S/C25H20ClF7N2O3/c1-12-4-13(2-3-16(12)21(36)34-15-7-22(8-15)10-37-11-22)19-9-23(38-35-19,25(31,32)33)17-5-14(24(28,29)30)6-18(26)20(17)27/h2-6,15H,7-11H2,1H3,(H,34,36). The Bertz CT molecular complexity index is 1330. The number of halogens is 8. The summed E-state index contributed by atoms with van der Waals surface area (Å²) >= 11 is 5.54. The average Bonchev–Trinajstić information content (AvgIpc) is 3.22. The summed E-state index contributed by atoms with van der Waals surface area (Å²) in [6, 6.07) is 4.43. The number of aryl methyl sites for hydroxylation is 1. The Labute approximate surface area is 216 Å². The van der Waals surface area contributed by atoms with Gasteiger partial charge in [-0.2, -0.15) is 26.3 Å². The van der Waals surface area contributed by atoms with Crippen molar-refractivity contribution in [3.8, 4) is 0 Å². The van der Waals surface area contributed by atoms with Crippen LogP contribution in [0.25, 0.3) is 0 Å². The van der Waals surface area contributed by atoms with Crippen LogP contribution in [-0.4, -0.2) is 37.1 Å². The Morgan fingerprint density at radius 1 is 1.11 bits per heavy atom. The molecule has 3 aliphatic rings. The summed E-state index contributed by atoms with van der Waals surface area (Å²) in [5.41, 5.74) is -5.79. The molecule has 1 aliphatic carbocycles. The van der Waals surface area contributed by atoms with E-state index in [-0.39, 0.29) is 40.8 Å². The number of alkyl halides is 6. The Morgan fingerprint density at radius 3 is 2.34 bits per heavy atom. The summed E-state index contributed by atoms with van der Waals surface area (Å²) < 4.78 is 103. The SMILES string of the molecule is Cc1cc(C2=NOC(c3cc(C(F)(F)F)cc(Cl)c3F)(C(F)(F)F)C2)ccc1C(=O)NC1CC2(COC2)C1. The molecule has 1 saturated heterocycles. The molecule has 204 valence electrons. The number of benzene rings is 2. The summed E-state index contributed by atoms with van der Waals surface area (Å²) in [6.45, 7) is 2.93. The van der Waals surface area contributed by atoms with E-state index in [4.69, 9.17) is 21.2 Å². The number of amides is 1. The van der Waals surface area contributed by atoms with Crippen LogP contribution in [-0.2, 0) is 21.4 Å². The highest BCUT2D eigenvalue weighted by Gasteiger charge is 2.64. The lowest BCUT2D eigenvalue weighted by molar-refractivity contribution is -0.276. The van der Waals surface area contributed by atoms with Crippen molar-refractivity contribution in [2.45, 2.75) is 50.2 Å². The predicted octanol–water partition coefficient (Wildman–Crippen LogP) is 6.30. The number of rotatable bonds is 4. The highest BCUT2D eigenvalue weighted by molar-refractivity contribution is 6.30. The second-order valence-electron chi connectivity index (χ2n) is 10.0. The second kappa shape index (κ2) is 8.84. The number of oxime groups is 1. The fourth-order valence-electron chi connectivity index (χ4n) is 5.16. The summed E-state index contributed by atoms with van der Waals surface area (Å²) in [4.78, 5) is 17.4. The van der Waals surface area contributed by atoms with Crippen molar-refractivity contribution in [3.05, 3.63) is 69.0 Å². The molecule has 1 amide bonds.